The van der Waals surface area contributed by atoms with Crippen LogP contribution in [-0.4, -0.2) is 38.9 Å². The molecule has 0 radical (unpaired) electrons. The molecular weight excluding hydrogens is 475 g/mol. The minimum absolute atomic E-state index is 0.0305. The maximum absolute atomic E-state index is 14.4. The molecular formula is C27H27FN6O3. The van der Waals surface area contributed by atoms with Gasteiger partial charge in [-0.1, -0.05) is 18.2 Å². The predicted octanol–water partition coefficient (Wildman–Crippen LogP) is 4.21. The summed E-state index contributed by atoms with van der Waals surface area (Å²) in [5, 5.41) is 19.6. The van der Waals surface area contributed by atoms with Crippen LogP contribution in [0.5, 0.6) is 0 Å². The van der Waals surface area contributed by atoms with Crippen molar-refractivity contribution in [2.45, 2.75) is 26.4 Å². The number of amidine groups is 1. The smallest absolute Gasteiger partial charge is 0.305 e. The highest BCUT2D eigenvalue weighted by Gasteiger charge is 2.20. The first kappa shape index (κ1) is 25.4. The van der Waals surface area contributed by atoms with E-state index in [1.807, 2.05) is 23.6 Å². The zero-order valence-electron chi connectivity index (χ0n) is 20.2. The first-order valence-corrected chi connectivity index (χ1v) is 11.7. The highest BCUT2D eigenvalue weighted by molar-refractivity contribution is 6.07. The van der Waals surface area contributed by atoms with Gasteiger partial charge in [-0.15, -0.1) is 0 Å². The van der Waals surface area contributed by atoms with E-state index in [1.165, 1.54) is 17.0 Å². The van der Waals surface area contributed by atoms with Gasteiger partial charge in [-0.2, -0.15) is 0 Å². The standard InChI is InChI=1S/C27H27FN6O3/c1-2-33-23-11-9-18(27(37)34(13-12-25(35)36)19-6-4-3-5-7-19)15-22(23)32-24(33)16-31-21-10-8-17(26(29)30)14-20(21)28/h3-11,14-15,31H,2,12-13,16H2,1H3,(H3,29,30)(H,35,36). The third kappa shape index (κ3) is 5.58. The lowest BCUT2D eigenvalue weighted by molar-refractivity contribution is -0.136. The van der Waals surface area contributed by atoms with Crippen molar-refractivity contribution in [3.8, 4) is 0 Å². The van der Waals surface area contributed by atoms with Gasteiger partial charge in [-0.25, -0.2) is 9.37 Å². The Labute approximate surface area is 212 Å². The SMILES string of the molecule is CCn1c(CNc2ccc(C(=N)N)cc2F)nc2cc(C(=O)N(CCC(=O)O)c3ccccc3)ccc21. The van der Waals surface area contributed by atoms with Gasteiger partial charge in [0, 0.05) is 29.9 Å². The van der Waals surface area contributed by atoms with E-state index in [4.69, 9.17) is 16.2 Å². The van der Waals surface area contributed by atoms with Crippen LogP contribution in [0.4, 0.5) is 15.8 Å². The molecule has 0 aliphatic rings. The van der Waals surface area contributed by atoms with Gasteiger partial charge in [0.25, 0.3) is 5.91 Å². The number of nitrogen functional groups attached to an aromatic ring is 1. The van der Waals surface area contributed by atoms with Crippen LogP contribution in [0, 0.1) is 11.2 Å². The van der Waals surface area contributed by atoms with Crippen molar-refractivity contribution in [2.24, 2.45) is 5.73 Å². The van der Waals surface area contributed by atoms with Gasteiger partial charge < -0.3 is 25.6 Å². The van der Waals surface area contributed by atoms with Crippen LogP contribution in [0.3, 0.4) is 0 Å². The van der Waals surface area contributed by atoms with Gasteiger partial charge in [0.1, 0.15) is 17.5 Å². The number of hydrogen-bond acceptors (Lipinski definition) is 5. The van der Waals surface area contributed by atoms with E-state index in [2.05, 4.69) is 10.3 Å². The molecule has 5 N–H and O–H groups in total. The molecule has 4 aromatic rings. The lowest BCUT2D eigenvalue weighted by Crippen LogP contribution is -2.33. The Morgan fingerprint density at radius 1 is 1.11 bits per heavy atom. The van der Waals surface area contributed by atoms with Gasteiger partial charge >= 0.3 is 5.97 Å². The number of carbonyl (C=O) groups excluding carboxylic acids is 1. The lowest BCUT2D eigenvalue weighted by atomic mass is 10.1. The highest BCUT2D eigenvalue weighted by Crippen LogP contribution is 2.23. The Morgan fingerprint density at radius 2 is 1.84 bits per heavy atom. The van der Waals surface area contributed by atoms with E-state index in [0.29, 0.717) is 34.7 Å². The average molecular weight is 503 g/mol. The fourth-order valence-corrected chi connectivity index (χ4v) is 4.12. The molecule has 37 heavy (non-hydrogen) atoms. The number of carboxylic acids is 1. The Kier molecular flexibility index (Phi) is 7.47. The number of carbonyl (C=O) groups is 2. The normalized spacial score (nSPS) is 10.9. The van der Waals surface area contributed by atoms with Crippen molar-refractivity contribution in [2.75, 3.05) is 16.8 Å². The van der Waals surface area contributed by atoms with Crippen LogP contribution in [-0.2, 0) is 17.9 Å². The molecule has 0 fully saturated rings. The lowest BCUT2D eigenvalue weighted by Gasteiger charge is -2.22. The van der Waals surface area contributed by atoms with E-state index in [1.54, 1.807) is 42.5 Å². The number of benzene rings is 3. The van der Waals surface area contributed by atoms with Crippen LogP contribution >= 0.6 is 0 Å². The third-order valence-corrected chi connectivity index (χ3v) is 5.97. The van der Waals surface area contributed by atoms with Crippen LogP contribution in [0.1, 0.15) is 35.1 Å². The number of nitrogens with zero attached hydrogens (tertiary/aromatic N) is 3. The molecule has 0 aliphatic heterocycles. The molecule has 10 heteroatoms. The molecule has 0 atom stereocenters. The molecule has 190 valence electrons. The van der Waals surface area contributed by atoms with Crippen molar-refractivity contribution in [3.63, 3.8) is 0 Å². The summed E-state index contributed by atoms with van der Waals surface area (Å²) >= 11 is 0. The van der Waals surface area contributed by atoms with Crippen molar-refractivity contribution in [1.29, 1.82) is 5.41 Å². The predicted molar refractivity (Wildman–Crippen MR) is 141 cm³/mol. The molecule has 0 aliphatic carbocycles. The first-order valence-electron chi connectivity index (χ1n) is 11.7. The van der Waals surface area contributed by atoms with Crippen LogP contribution in [0.2, 0.25) is 0 Å². The number of aryl methyl sites for hydroxylation is 1. The molecule has 0 saturated heterocycles. The number of carboxylic acid groups (broad SMARTS) is 1. The Morgan fingerprint density at radius 3 is 2.49 bits per heavy atom. The number of fused-ring (bicyclic) bond motifs is 1. The van der Waals surface area contributed by atoms with Crippen molar-refractivity contribution in [1.82, 2.24) is 9.55 Å². The Balaban J connectivity index is 1.61. The maximum Gasteiger partial charge on any atom is 0.305 e. The second-order valence-corrected chi connectivity index (χ2v) is 8.37. The highest BCUT2D eigenvalue weighted by atomic mass is 19.1. The zero-order chi connectivity index (χ0) is 26.5. The summed E-state index contributed by atoms with van der Waals surface area (Å²) in [6, 6.07) is 18.4. The van der Waals surface area contributed by atoms with Crippen molar-refractivity contribution in [3.05, 3.63) is 89.5 Å². The number of aliphatic carboxylic acids is 1. The number of aromatic nitrogens is 2. The summed E-state index contributed by atoms with van der Waals surface area (Å²) in [5.74, 6) is -1.40. The van der Waals surface area contributed by atoms with Crippen LogP contribution in [0.25, 0.3) is 11.0 Å². The summed E-state index contributed by atoms with van der Waals surface area (Å²) in [7, 11) is 0. The molecule has 0 bridgehead atoms. The van der Waals surface area contributed by atoms with E-state index in [9.17, 15) is 14.0 Å². The number of imidazole rings is 1. The molecule has 3 aromatic carbocycles. The average Bonchev–Trinajstić information content (AvgIpc) is 3.24. The molecule has 0 spiro atoms. The number of amides is 1. The fourth-order valence-electron chi connectivity index (χ4n) is 4.12. The number of halogens is 1. The molecule has 1 amide bonds. The summed E-state index contributed by atoms with van der Waals surface area (Å²) < 4.78 is 16.4. The number of para-hydroxylation sites is 1. The Bertz CT molecular complexity index is 1470. The van der Waals surface area contributed by atoms with Crippen LogP contribution < -0.4 is 16.0 Å². The minimum Gasteiger partial charge on any atom is -0.481 e. The van der Waals surface area contributed by atoms with Gasteiger partial charge in [0.15, 0.2) is 0 Å². The summed E-state index contributed by atoms with van der Waals surface area (Å²) in [6.07, 6.45) is -0.187. The Hall–Kier alpha value is -4.73. The third-order valence-electron chi connectivity index (χ3n) is 5.97. The largest absolute Gasteiger partial charge is 0.481 e. The van der Waals surface area contributed by atoms with Crippen LogP contribution in [0.15, 0.2) is 66.7 Å². The molecule has 1 aromatic heterocycles. The summed E-state index contributed by atoms with van der Waals surface area (Å²) in [5.41, 5.74) is 8.39. The van der Waals surface area contributed by atoms with Gasteiger partial charge in [-0.05, 0) is 55.5 Å². The molecule has 0 saturated carbocycles. The van der Waals surface area contributed by atoms with Gasteiger partial charge in [0.05, 0.1) is 29.7 Å². The monoisotopic (exact) mass is 502 g/mol. The topological polar surface area (TPSA) is 137 Å². The van der Waals surface area contributed by atoms with Crippen molar-refractivity contribution >= 4 is 40.1 Å². The number of rotatable bonds is 10. The van der Waals surface area contributed by atoms with Gasteiger partial charge in [-0.3, -0.25) is 15.0 Å². The van der Waals surface area contributed by atoms with E-state index >= 15 is 0 Å². The molecule has 0 unspecified atom stereocenters. The van der Waals surface area contributed by atoms with E-state index in [-0.39, 0.29) is 36.9 Å². The number of nitrogens with one attached hydrogen (secondary N) is 2. The number of hydrogen-bond donors (Lipinski definition) is 4. The minimum atomic E-state index is -0.990. The number of nitrogens with two attached hydrogens (primary N) is 1. The second kappa shape index (κ2) is 10.9. The fraction of sp³-hybridized carbons (Fsp3) is 0.185. The quantitative estimate of drug-likeness (QED) is 0.189. The molecule has 4 rings (SSSR count). The summed E-state index contributed by atoms with van der Waals surface area (Å²) in [6.45, 7) is 2.84. The summed E-state index contributed by atoms with van der Waals surface area (Å²) in [4.78, 5) is 30.7. The first-order chi connectivity index (χ1) is 17.8. The molecule has 1 heterocycles. The second-order valence-electron chi connectivity index (χ2n) is 8.37. The van der Waals surface area contributed by atoms with E-state index < -0.39 is 11.8 Å². The van der Waals surface area contributed by atoms with Crippen molar-refractivity contribution < 1.29 is 19.1 Å². The molecule has 9 nitrogen and oxygen atoms in total. The zero-order valence-corrected chi connectivity index (χ0v) is 20.2. The maximum atomic E-state index is 14.4. The van der Waals surface area contributed by atoms with E-state index in [0.717, 1.165) is 5.52 Å². The number of anilines is 2. The van der Waals surface area contributed by atoms with Gasteiger partial charge in [0.2, 0.25) is 0 Å².